The monoisotopic (exact) mass is 254 g/mol. The van der Waals surface area contributed by atoms with Crippen molar-refractivity contribution in [3.05, 3.63) is 0 Å². The fourth-order valence-corrected chi connectivity index (χ4v) is 3.24. The molecule has 0 radical (unpaired) electrons. The molecule has 0 aromatic rings. The Hall–Kier alpha value is -0.610. The molecule has 1 heterocycles. The molecule has 18 heavy (non-hydrogen) atoms. The Bertz CT molecular complexity index is 290. The summed E-state index contributed by atoms with van der Waals surface area (Å²) in [5.41, 5.74) is 6.22. The predicted molar refractivity (Wildman–Crippen MR) is 71.1 cm³/mol. The molecule has 4 nitrogen and oxygen atoms in total. The molecule has 1 aliphatic carbocycles. The third kappa shape index (κ3) is 2.86. The Morgan fingerprint density at radius 2 is 1.89 bits per heavy atom. The van der Waals surface area contributed by atoms with Crippen LogP contribution in [0, 0.1) is 11.8 Å². The van der Waals surface area contributed by atoms with E-state index in [0.29, 0.717) is 12.0 Å². The zero-order valence-electron chi connectivity index (χ0n) is 11.6. The van der Waals surface area contributed by atoms with Crippen LogP contribution in [0.1, 0.15) is 39.0 Å². The van der Waals surface area contributed by atoms with E-state index in [4.69, 9.17) is 10.5 Å². The third-order valence-corrected chi connectivity index (χ3v) is 4.70. The number of hydrogen-bond donors (Lipinski definition) is 1. The number of rotatable bonds is 2. The molecular weight excluding hydrogens is 228 g/mol. The highest BCUT2D eigenvalue weighted by molar-refractivity contribution is 5.79. The van der Waals surface area contributed by atoms with Crippen LogP contribution in [0.25, 0.3) is 0 Å². The number of carbonyl (C=O) groups excluding carboxylic acids is 1. The first-order valence-corrected chi connectivity index (χ1v) is 7.21. The van der Waals surface area contributed by atoms with E-state index in [1.54, 1.807) is 0 Å². The molecule has 2 fully saturated rings. The van der Waals surface area contributed by atoms with Crippen LogP contribution >= 0.6 is 0 Å². The summed E-state index contributed by atoms with van der Waals surface area (Å²) in [4.78, 5) is 14.5. The van der Waals surface area contributed by atoms with Crippen molar-refractivity contribution in [3.8, 4) is 0 Å². The van der Waals surface area contributed by atoms with Gasteiger partial charge in [0.2, 0.25) is 5.91 Å². The standard InChI is InChI=1S/C14H26N2O2/c1-10-4-3-5-12(13(10)15)14(17)16(2)11-6-8-18-9-7-11/h10-13H,3-9,15H2,1-2H3. The Morgan fingerprint density at radius 3 is 2.56 bits per heavy atom. The molecule has 2 N–H and O–H groups in total. The molecule has 3 unspecified atom stereocenters. The maximum atomic E-state index is 12.6. The van der Waals surface area contributed by atoms with E-state index in [9.17, 15) is 4.79 Å². The molecule has 2 aliphatic rings. The van der Waals surface area contributed by atoms with Crippen molar-refractivity contribution in [2.24, 2.45) is 17.6 Å². The number of nitrogens with zero attached hydrogens (tertiary/aromatic N) is 1. The summed E-state index contributed by atoms with van der Waals surface area (Å²) in [6, 6.07) is 0.379. The summed E-state index contributed by atoms with van der Waals surface area (Å²) in [5, 5.41) is 0. The molecule has 0 spiro atoms. The Balaban J connectivity index is 1.96. The average molecular weight is 254 g/mol. The summed E-state index contributed by atoms with van der Waals surface area (Å²) in [7, 11) is 1.93. The summed E-state index contributed by atoms with van der Waals surface area (Å²) >= 11 is 0. The van der Waals surface area contributed by atoms with E-state index in [-0.39, 0.29) is 17.9 Å². The number of nitrogens with two attached hydrogens (primary N) is 1. The molecule has 104 valence electrons. The third-order valence-electron chi connectivity index (χ3n) is 4.70. The normalized spacial score (nSPS) is 34.3. The van der Waals surface area contributed by atoms with Crippen LogP contribution in [0.3, 0.4) is 0 Å². The van der Waals surface area contributed by atoms with E-state index in [1.807, 2.05) is 11.9 Å². The molecule has 1 saturated heterocycles. The minimum absolute atomic E-state index is 0.0293. The summed E-state index contributed by atoms with van der Waals surface area (Å²) in [5.74, 6) is 0.748. The van der Waals surface area contributed by atoms with Gasteiger partial charge < -0.3 is 15.4 Å². The molecule has 1 amide bonds. The van der Waals surface area contributed by atoms with Crippen LogP contribution in [0.2, 0.25) is 0 Å². The molecule has 1 aliphatic heterocycles. The fraction of sp³-hybridized carbons (Fsp3) is 0.929. The SMILES string of the molecule is CC1CCCC(C(=O)N(C)C2CCOCC2)C1N. The van der Waals surface area contributed by atoms with Crippen LogP contribution in [-0.2, 0) is 9.53 Å². The Kier molecular flexibility index (Phi) is 4.62. The van der Waals surface area contributed by atoms with Gasteiger partial charge >= 0.3 is 0 Å². The quantitative estimate of drug-likeness (QED) is 0.810. The first kappa shape index (κ1) is 13.8. The highest BCUT2D eigenvalue weighted by atomic mass is 16.5. The van der Waals surface area contributed by atoms with E-state index in [2.05, 4.69) is 6.92 Å². The van der Waals surface area contributed by atoms with Crippen LogP contribution in [0.15, 0.2) is 0 Å². The molecule has 4 heteroatoms. The van der Waals surface area contributed by atoms with Crippen molar-refractivity contribution in [2.75, 3.05) is 20.3 Å². The van der Waals surface area contributed by atoms with Crippen LogP contribution < -0.4 is 5.73 Å². The molecule has 1 saturated carbocycles. The fourth-order valence-electron chi connectivity index (χ4n) is 3.24. The molecule has 2 rings (SSSR count). The lowest BCUT2D eigenvalue weighted by Gasteiger charge is -2.38. The van der Waals surface area contributed by atoms with E-state index in [1.165, 1.54) is 0 Å². The van der Waals surface area contributed by atoms with Gasteiger partial charge in [0.05, 0.1) is 5.92 Å². The first-order valence-electron chi connectivity index (χ1n) is 7.21. The lowest BCUT2D eigenvalue weighted by Crippen LogP contribution is -2.51. The maximum absolute atomic E-state index is 12.6. The molecular formula is C14H26N2O2. The highest BCUT2D eigenvalue weighted by Gasteiger charge is 2.36. The van der Waals surface area contributed by atoms with Gasteiger partial charge in [-0.3, -0.25) is 4.79 Å². The number of ether oxygens (including phenoxy) is 1. The van der Waals surface area contributed by atoms with Gasteiger partial charge in [0.15, 0.2) is 0 Å². The Morgan fingerprint density at radius 1 is 1.22 bits per heavy atom. The number of hydrogen-bond acceptors (Lipinski definition) is 3. The summed E-state index contributed by atoms with van der Waals surface area (Å²) < 4.78 is 5.35. The van der Waals surface area contributed by atoms with Gasteiger partial charge in [-0.1, -0.05) is 13.3 Å². The Labute approximate surface area is 110 Å². The molecule has 3 atom stereocenters. The van der Waals surface area contributed by atoms with Gasteiger partial charge in [-0.15, -0.1) is 0 Å². The van der Waals surface area contributed by atoms with Crippen LogP contribution in [0.5, 0.6) is 0 Å². The number of carbonyl (C=O) groups is 1. The smallest absolute Gasteiger partial charge is 0.227 e. The summed E-state index contributed by atoms with van der Waals surface area (Å²) in [6.07, 6.45) is 5.16. The second kappa shape index (κ2) is 6.02. The molecule has 0 aromatic carbocycles. The van der Waals surface area contributed by atoms with Gasteiger partial charge in [0, 0.05) is 32.3 Å². The van der Waals surface area contributed by atoms with Gasteiger partial charge in [0.1, 0.15) is 0 Å². The zero-order valence-corrected chi connectivity index (χ0v) is 11.6. The van der Waals surface area contributed by atoms with E-state index < -0.39 is 0 Å². The second-order valence-electron chi connectivity index (χ2n) is 5.88. The largest absolute Gasteiger partial charge is 0.381 e. The van der Waals surface area contributed by atoms with Crippen molar-refractivity contribution in [3.63, 3.8) is 0 Å². The summed E-state index contributed by atoms with van der Waals surface area (Å²) in [6.45, 7) is 3.71. The van der Waals surface area contributed by atoms with Crippen molar-refractivity contribution < 1.29 is 9.53 Å². The minimum Gasteiger partial charge on any atom is -0.381 e. The topological polar surface area (TPSA) is 55.6 Å². The predicted octanol–water partition coefficient (Wildman–Crippen LogP) is 1.39. The van der Waals surface area contributed by atoms with Gasteiger partial charge in [0.25, 0.3) is 0 Å². The van der Waals surface area contributed by atoms with Crippen LogP contribution in [-0.4, -0.2) is 43.2 Å². The number of amides is 1. The zero-order chi connectivity index (χ0) is 13.1. The highest BCUT2D eigenvalue weighted by Crippen LogP contribution is 2.30. The van der Waals surface area contributed by atoms with Crippen molar-refractivity contribution in [2.45, 2.75) is 51.1 Å². The lowest BCUT2D eigenvalue weighted by atomic mass is 9.77. The van der Waals surface area contributed by atoms with Crippen molar-refractivity contribution in [1.29, 1.82) is 0 Å². The van der Waals surface area contributed by atoms with E-state index >= 15 is 0 Å². The van der Waals surface area contributed by atoms with E-state index in [0.717, 1.165) is 45.3 Å². The minimum atomic E-state index is 0.0293. The van der Waals surface area contributed by atoms with Gasteiger partial charge in [-0.2, -0.15) is 0 Å². The molecule has 0 bridgehead atoms. The second-order valence-corrected chi connectivity index (χ2v) is 5.88. The van der Waals surface area contributed by atoms with Crippen molar-refractivity contribution >= 4 is 5.91 Å². The van der Waals surface area contributed by atoms with Gasteiger partial charge in [-0.05, 0) is 31.6 Å². The maximum Gasteiger partial charge on any atom is 0.227 e. The average Bonchev–Trinajstić information content (AvgIpc) is 2.41. The van der Waals surface area contributed by atoms with Gasteiger partial charge in [-0.25, -0.2) is 0 Å². The lowest BCUT2D eigenvalue weighted by molar-refractivity contribution is -0.140. The first-order chi connectivity index (χ1) is 8.61. The van der Waals surface area contributed by atoms with Crippen molar-refractivity contribution in [1.82, 2.24) is 4.90 Å². The molecule has 0 aromatic heterocycles. The van der Waals surface area contributed by atoms with Crippen LogP contribution in [0.4, 0.5) is 0 Å².